The highest BCUT2D eigenvalue weighted by Gasteiger charge is 2.20. The van der Waals surface area contributed by atoms with Gasteiger partial charge >= 0.3 is 0 Å². The molecule has 0 N–H and O–H groups in total. The summed E-state index contributed by atoms with van der Waals surface area (Å²) in [6, 6.07) is 10.6. The predicted octanol–water partition coefficient (Wildman–Crippen LogP) is 2.72. The second-order valence-electron chi connectivity index (χ2n) is 5.87. The Bertz CT molecular complexity index is 802. The molecule has 1 aliphatic rings. The van der Waals surface area contributed by atoms with E-state index in [1.54, 1.807) is 0 Å². The number of fused-ring (bicyclic) bond motifs is 1. The number of aromatic nitrogens is 3. The molecular weight excluding hydrogens is 306 g/mol. The van der Waals surface area contributed by atoms with Gasteiger partial charge in [-0.15, -0.1) is 0 Å². The van der Waals surface area contributed by atoms with Gasteiger partial charge in [-0.3, -0.25) is 9.88 Å². The molecule has 1 aliphatic heterocycles. The molecule has 0 aliphatic carbocycles. The molecule has 4 rings (SSSR count). The van der Waals surface area contributed by atoms with Crippen LogP contribution in [0.4, 0.5) is 5.13 Å². The van der Waals surface area contributed by atoms with Crippen molar-refractivity contribution in [3.8, 4) is 0 Å². The Morgan fingerprint density at radius 3 is 2.70 bits per heavy atom. The highest BCUT2D eigenvalue weighted by atomic mass is 32.1. The monoisotopic (exact) mass is 325 g/mol. The van der Waals surface area contributed by atoms with Crippen LogP contribution in [-0.2, 0) is 6.54 Å². The second-order valence-corrected chi connectivity index (χ2v) is 6.60. The van der Waals surface area contributed by atoms with Gasteiger partial charge in [0, 0.05) is 55.8 Å². The molecular formula is C17H19N5S. The number of nitrogens with zero attached hydrogens (tertiary/aromatic N) is 5. The number of benzene rings is 1. The summed E-state index contributed by atoms with van der Waals surface area (Å²) in [7, 11) is 0. The van der Waals surface area contributed by atoms with Crippen LogP contribution in [0, 0.1) is 6.92 Å². The second kappa shape index (κ2) is 6.22. The van der Waals surface area contributed by atoms with Crippen LogP contribution in [0.3, 0.4) is 0 Å². The van der Waals surface area contributed by atoms with Crippen molar-refractivity contribution < 1.29 is 0 Å². The topological polar surface area (TPSA) is 45.2 Å². The fourth-order valence-corrected chi connectivity index (χ4v) is 3.76. The summed E-state index contributed by atoms with van der Waals surface area (Å²) in [5.74, 6) is 0.868. The molecule has 1 saturated heterocycles. The van der Waals surface area contributed by atoms with Gasteiger partial charge in [0.1, 0.15) is 5.82 Å². The summed E-state index contributed by atoms with van der Waals surface area (Å²) in [5, 5.41) is 3.57. The third kappa shape index (κ3) is 3.04. The van der Waals surface area contributed by atoms with Crippen molar-refractivity contribution >= 4 is 27.4 Å². The van der Waals surface area contributed by atoms with Crippen molar-refractivity contribution in [2.24, 2.45) is 0 Å². The maximum atomic E-state index is 4.61. The van der Waals surface area contributed by atoms with Crippen LogP contribution < -0.4 is 4.90 Å². The fourth-order valence-electron chi connectivity index (χ4n) is 3.03. The van der Waals surface area contributed by atoms with E-state index >= 15 is 0 Å². The van der Waals surface area contributed by atoms with Crippen LogP contribution in [0.1, 0.15) is 11.5 Å². The van der Waals surface area contributed by atoms with Gasteiger partial charge in [0.15, 0.2) is 0 Å². The van der Waals surface area contributed by atoms with Crippen LogP contribution in [0.15, 0.2) is 36.5 Å². The summed E-state index contributed by atoms with van der Waals surface area (Å²) in [5.41, 5.74) is 1.17. The maximum absolute atomic E-state index is 4.61. The smallest absolute Gasteiger partial charge is 0.205 e. The van der Waals surface area contributed by atoms with E-state index in [1.165, 1.54) is 28.0 Å². The van der Waals surface area contributed by atoms with Crippen LogP contribution in [0.5, 0.6) is 0 Å². The van der Waals surface area contributed by atoms with Gasteiger partial charge in [-0.05, 0) is 18.4 Å². The number of rotatable bonds is 3. The lowest BCUT2D eigenvalue weighted by Crippen LogP contribution is -2.46. The number of piperazine rings is 1. The molecule has 1 fully saturated rings. The van der Waals surface area contributed by atoms with E-state index in [-0.39, 0.29) is 0 Å². The van der Waals surface area contributed by atoms with Gasteiger partial charge in [-0.1, -0.05) is 24.3 Å². The molecule has 2 aromatic heterocycles. The Hall–Kier alpha value is -2.05. The van der Waals surface area contributed by atoms with E-state index in [1.807, 2.05) is 13.1 Å². The molecule has 118 valence electrons. The minimum absolute atomic E-state index is 0.868. The Labute approximate surface area is 139 Å². The van der Waals surface area contributed by atoms with Crippen molar-refractivity contribution in [2.75, 3.05) is 31.1 Å². The molecule has 23 heavy (non-hydrogen) atoms. The maximum Gasteiger partial charge on any atom is 0.205 e. The van der Waals surface area contributed by atoms with Gasteiger partial charge in [-0.25, -0.2) is 4.98 Å². The van der Waals surface area contributed by atoms with E-state index < -0.39 is 0 Å². The Balaban J connectivity index is 1.44. The van der Waals surface area contributed by atoms with Crippen molar-refractivity contribution in [1.82, 2.24) is 19.2 Å². The van der Waals surface area contributed by atoms with Gasteiger partial charge in [0.25, 0.3) is 0 Å². The van der Waals surface area contributed by atoms with Crippen LogP contribution >= 0.6 is 11.5 Å². The number of aryl methyl sites for hydroxylation is 1. The molecule has 0 amide bonds. The first-order valence-electron chi connectivity index (χ1n) is 7.90. The molecule has 0 saturated carbocycles. The molecule has 0 unspecified atom stereocenters. The van der Waals surface area contributed by atoms with Crippen molar-refractivity contribution in [3.63, 3.8) is 0 Å². The Morgan fingerprint density at radius 1 is 1.09 bits per heavy atom. The lowest BCUT2D eigenvalue weighted by Gasteiger charge is -2.34. The Kier molecular flexibility index (Phi) is 3.93. The summed E-state index contributed by atoms with van der Waals surface area (Å²) >= 11 is 1.50. The zero-order chi connectivity index (χ0) is 15.6. The SMILES string of the molecule is Cc1nsc(N2CCN(Cc3nccc4ccccc34)CC2)n1. The van der Waals surface area contributed by atoms with E-state index in [0.29, 0.717) is 0 Å². The standard InChI is InChI=1S/C17H19N5S/c1-13-19-17(23-20-13)22-10-8-21(9-11-22)12-16-15-5-3-2-4-14(15)6-7-18-16/h2-7H,8-12H2,1H3. The van der Waals surface area contributed by atoms with Crippen molar-refractivity contribution in [1.29, 1.82) is 0 Å². The molecule has 0 bridgehead atoms. The molecule has 3 heterocycles. The molecule has 3 aromatic rings. The van der Waals surface area contributed by atoms with E-state index in [0.717, 1.165) is 43.7 Å². The number of hydrogen-bond donors (Lipinski definition) is 0. The lowest BCUT2D eigenvalue weighted by molar-refractivity contribution is 0.248. The van der Waals surface area contributed by atoms with Crippen LogP contribution in [-0.4, -0.2) is 45.4 Å². The lowest BCUT2D eigenvalue weighted by atomic mass is 10.1. The largest absolute Gasteiger partial charge is 0.344 e. The summed E-state index contributed by atoms with van der Waals surface area (Å²) in [6.45, 7) is 6.92. The molecule has 0 atom stereocenters. The average molecular weight is 325 g/mol. The predicted molar refractivity (Wildman–Crippen MR) is 93.9 cm³/mol. The molecule has 0 spiro atoms. The normalized spacial score (nSPS) is 16.1. The third-order valence-electron chi connectivity index (χ3n) is 4.29. The summed E-state index contributed by atoms with van der Waals surface area (Å²) in [6.07, 6.45) is 1.91. The minimum Gasteiger partial charge on any atom is -0.344 e. The molecule has 1 aromatic carbocycles. The highest BCUT2D eigenvalue weighted by molar-refractivity contribution is 7.09. The van der Waals surface area contributed by atoms with Gasteiger partial charge in [0.2, 0.25) is 5.13 Å². The average Bonchev–Trinajstić information content (AvgIpc) is 3.02. The fraction of sp³-hybridized carbons (Fsp3) is 0.353. The first kappa shape index (κ1) is 14.5. The summed E-state index contributed by atoms with van der Waals surface area (Å²) < 4.78 is 4.28. The number of pyridine rings is 1. The third-order valence-corrected chi connectivity index (χ3v) is 5.16. The van der Waals surface area contributed by atoms with Gasteiger partial charge in [0.05, 0.1) is 5.69 Å². The first-order valence-corrected chi connectivity index (χ1v) is 8.67. The van der Waals surface area contributed by atoms with E-state index in [4.69, 9.17) is 0 Å². The van der Waals surface area contributed by atoms with E-state index in [9.17, 15) is 0 Å². The minimum atomic E-state index is 0.868. The van der Waals surface area contributed by atoms with Gasteiger partial charge < -0.3 is 4.90 Å². The Morgan fingerprint density at radius 2 is 1.91 bits per heavy atom. The molecule has 0 radical (unpaired) electrons. The zero-order valence-electron chi connectivity index (χ0n) is 13.1. The first-order chi connectivity index (χ1) is 11.3. The quantitative estimate of drug-likeness (QED) is 0.741. The number of hydrogen-bond acceptors (Lipinski definition) is 6. The molecule has 5 nitrogen and oxygen atoms in total. The highest BCUT2D eigenvalue weighted by Crippen LogP contribution is 2.21. The number of anilines is 1. The zero-order valence-corrected chi connectivity index (χ0v) is 14.0. The molecule has 6 heteroatoms. The summed E-state index contributed by atoms with van der Waals surface area (Å²) in [4.78, 5) is 13.9. The van der Waals surface area contributed by atoms with Gasteiger partial charge in [-0.2, -0.15) is 4.37 Å². The van der Waals surface area contributed by atoms with Crippen molar-refractivity contribution in [2.45, 2.75) is 13.5 Å². The van der Waals surface area contributed by atoms with Crippen LogP contribution in [0.2, 0.25) is 0 Å². The van der Waals surface area contributed by atoms with E-state index in [2.05, 4.69) is 54.5 Å². The van der Waals surface area contributed by atoms with Crippen molar-refractivity contribution in [3.05, 3.63) is 48.0 Å². The van der Waals surface area contributed by atoms with Crippen LogP contribution in [0.25, 0.3) is 10.8 Å².